The fourth-order valence-corrected chi connectivity index (χ4v) is 2.85. The Morgan fingerprint density at radius 3 is 2.58 bits per heavy atom. The van der Waals surface area contributed by atoms with Crippen LogP contribution in [0.4, 0.5) is 0 Å². The molecular weight excluding hydrogens is 282 g/mol. The second kappa shape index (κ2) is 8.93. The summed E-state index contributed by atoms with van der Waals surface area (Å²) in [5, 5.41) is 0. The van der Waals surface area contributed by atoms with Crippen LogP contribution in [-0.4, -0.2) is 25.9 Å². The second-order valence-corrected chi connectivity index (χ2v) is 6.72. The number of thiophene rings is 1. The highest BCUT2D eigenvalue weighted by Gasteiger charge is 2.20. The summed E-state index contributed by atoms with van der Waals surface area (Å²) in [6.45, 7) is 8.24. The molecule has 0 aromatic carbocycles. The van der Waals surface area contributed by atoms with E-state index in [1.807, 2.05) is 12.1 Å². The van der Waals surface area contributed by atoms with Gasteiger partial charge in [0.1, 0.15) is 6.10 Å². The highest BCUT2D eigenvalue weighted by atomic mass is 35.5. The van der Waals surface area contributed by atoms with E-state index < -0.39 is 0 Å². The van der Waals surface area contributed by atoms with Crippen molar-refractivity contribution >= 4 is 22.9 Å². The minimum absolute atomic E-state index is 0.0141. The van der Waals surface area contributed by atoms with E-state index >= 15 is 0 Å². The van der Waals surface area contributed by atoms with Crippen LogP contribution in [0.15, 0.2) is 12.1 Å². The number of nitrogens with two attached hydrogens (primary N) is 1. The van der Waals surface area contributed by atoms with E-state index in [1.165, 1.54) is 11.3 Å². The van der Waals surface area contributed by atoms with Gasteiger partial charge < -0.3 is 15.2 Å². The van der Waals surface area contributed by atoms with Crippen molar-refractivity contribution in [2.75, 3.05) is 19.8 Å². The first-order valence-electron chi connectivity index (χ1n) is 6.74. The van der Waals surface area contributed by atoms with Crippen LogP contribution in [0.1, 0.15) is 38.2 Å². The number of ether oxygens (including phenoxy) is 2. The normalized spacial score (nSPS) is 14.8. The molecule has 0 fully saturated rings. The van der Waals surface area contributed by atoms with Gasteiger partial charge in [0.25, 0.3) is 0 Å². The molecule has 1 rings (SSSR count). The van der Waals surface area contributed by atoms with Crippen molar-refractivity contribution in [3.05, 3.63) is 21.3 Å². The Morgan fingerprint density at radius 2 is 2.05 bits per heavy atom. The van der Waals surface area contributed by atoms with Crippen LogP contribution >= 0.6 is 22.9 Å². The number of halogens is 1. The number of hydrogen-bond acceptors (Lipinski definition) is 4. The van der Waals surface area contributed by atoms with E-state index in [4.69, 9.17) is 26.8 Å². The Labute approximate surface area is 125 Å². The zero-order valence-corrected chi connectivity index (χ0v) is 13.5. The lowest BCUT2D eigenvalue weighted by Crippen LogP contribution is -2.30. The average Bonchev–Trinajstić information content (AvgIpc) is 2.79. The van der Waals surface area contributed by atoms with E-state index in [2.05, 4.69) is 20.8 Å². The van der Waals surface area contributed by atoms with Gasteiger partial charge in [-0.05, 0) is 24.5 Å². The van der Waals surface area contributed by atoms with Crippen LogP contribution in [0.3, 0.4) is 0 Å². The van der Waals surface area contributed by atoms with Gasteiger partial charge >= 0.3 is 0 Å². The third kappa shape index (κ3) is 6.23. The molecule has 1 aromatic heterocycles. The molecule has 2 unspecified atom stereocenters. The maximum absolute atomic E-state index is 6.12. The molecular formula is C14H24ClNO2S. The first-order chi connectivity index (χ1) is 9.04. The molecule has 1 heterocycles. The Morgan fingerprint density at radius 1 is 1.32 bits per heavy atom. The summed E-state index contributed by atoms with van der Waals surface area (Å²) in [4.78, 5) is 1.09. The van der Waals surface area contributed by atoms with Crippen LogP contribution < -0.4 is 5.73 Å². The molecule has 1 aromatic rings. The second-order valence-electron chi connectivity index (χ2n) is 4.97. The van der Waals surface area contributed by atoms with Gasteiger partial charge in [0.2, 0.25) is 0 Å². The number of rotatable bonds is 9. The van der Waals surface area contributed by atoms with E-state index in [0.717, 1.165) is 22.2 Å². The Balaban J connectivity index is 2.43. The summed E-state index contributed by atoms with van der Waals surface area (Å²) >= 11 is 7.50. The zero-order valence-electron chi connectivity index (χ0n) is 11.9. The van der Waals surface area contributed by atoms with Gasteiger partial charge in [0.05, 0.1) is 17.6 Å². The Bertz CT molecular complexity index is 357. The molecule has 0 aliphatic carbocycles. The van der Waals surface area contributed by atoms with Crippen LogP contribution in [0, 0.1) is 5.92 Å². The molecule has 0 aliphatic rings. The Kier molecular flexibility index (Phi) is 7.95. The molecule has 0 saturated carbocycles. The highest BCUT2D eigenvalue weighted by Crippen LogP contribution is 2.31. The molecule has 3 nitrogen and oxygen atoms in total. The van der Waals surface area contributed by atoms with Crippen molar-refractivity contribution in [2.24, 2.45) is 11.7 Å². The lowest BCUT2D eigenvalue weighted by molar-refractivity contribution is -0.0108. The maximum Gasteiger partial charge on any atom is 0.107 e. The standard InChI is InChI=1S/C14H24ClNO2S/c1-4-11(16)14(12-5-6-13(15)19-12)18-8-7-17-9-10(2)3/h5-6,10-11,14H,4,7-9,16H2,1-3H3. The van der Waals surface area contributed by atoms with Crippen LogP contribution in [-0.2, 0) is 9.47 Å². The molecule has 19 heavy (non-hydrogen) atoms. The molecule has 110 valence electrons. The maximum atomic E-state index is 6.12. The lowest BCUT2D eigenvalue weighted by Gasteiger charge is -2.22. The smallest absolute Gasteiger partial charge is 0.107 e. The molecule has 0 amide bonds. The van der Waals surface area contributed by atoms with Crippen molar-refractivity contribution in [1.29, 1.82) is 0 Å². The van der Waals surface area contributed by atoms with Gasteiger partial charge in [-0.15, -0.1) is 11.3 Å². The van der Waals surface area contributed by atoms with E-state index in [-0.39, 0.29) is 12.1 Å². The molecule has 0 radical (unpaired) electrons. The summed E-state index contributed by atoms with van der Waals surface area (Å²) < 4.78 is 12.2. The summed E-state index contributed by atoms with van der Waals surface area (Å²) in [7, 11) is 0. The molecule has 0 aliphatic heterocycles. The molecule has 0 spiro atoms. The van der Waals surface area contributed by atoms with Crippen LogP contribution in [0.5, 0.6) is 0 Å². The predicted molar refractivity (Wildman–Crippen MR) is 81.9 cm³/mol. The van der Waals surface area contributed by atoms with Gasteiger partial charge in [0.15, 0.2) is 0 Å². The topological polar surface area (TPSA) is 44.5 Å². The number of hydrogen-bond donors (Lipinski definition) is 1. The van der Waals surface area contributed by atoms with E-state index in [1.54, 1.807) is 0 Å². The quantitative estimate of drug-likeness (QED) is 0.704. The predicted octanol–water partition coefficient (Wildman–Crippen LogP) is 3.87. The van der Waals surface area contributed by atoms with Crippen molar-refractivity contribution in [3.63, 3.8) is 0 Å². The third-order valence-corrected chi connectivity index (χ3v) is 4.00. The first-order valence-corrected chi connectivity index (χ1v) is 7.94. The monoisotopic (exact) mass is 305 g/mol. The van der Waals surface area contributed by atoms with Gasteiger partial charge in [-0.1, -0.05) is 32.4 Å². The fraction of sp³-hybridized carbons (Fsp3) is 0.714. The SMILES string of the molecule is CCC(N)C(OCCOCC(C)C)c1ccc(Cl)s1. The van der Waals surface area contributed by atoms with Crippen molar-refractivity contribution in [3.8, 4) is 0 Å². The molecule has 2 N–H and O–H groups in total. The first kappa shape index (κ1) is 16.9. The van der Waals surface area contributed by atoms with Gasteiger partial charge in [-0.2, -0.15) is 0 Å². The summed E-state index contributed by atoms with van der Waals surface area (Å²) in [6.07, 6.45) is 0.776. The zero-order chi connectivity index (χ0) is 14.3. The minimum Gasteiger partial charge on any atom is -0.379 e. The summed E-state index contributed by atoms with van der Waals surface area (Å²) in [6, 6.07) is 3.86. The van der Waals surface area contributed by atoms with Gasteiger partial charge in [-0.25, -0.2) is 0 Å². The molecule has 0 bridgehead atoms. The van der Waals surface area contributed by atoms with Crippen LogP contribution in [0.2, 0.25) is 4.34 Å². The molecule has 5 heteroatoms. The van der Waals surface area contributed by atoms with Gasteiger partial charge in [-0.3, -0.25) is 0 Å². The van der Waals surface area contributed by atoms with E-state index in [9.17, 15) is 0 Å². The third-order valence-electron chi connectivity index (χ3n) is 2.71. The molecule has 2 atom stereocenters. The van der Waals surface area contributed by atoms with Crippen molar-refractivity contribution in [2.45, 2.75) is 39.3 Å². The summed E-state index contributed by atoms with van der Waals surface area (Å²) in [5.41, 5.74) is 6.12. The lowest BCUT2D eigenvalue weighted by atomic mass is 10.1. The largest absolute Gasteiger partial charge is 0.379 e. The van der Waals surface area contributed by atoms with E-state index in [0.29, 0.717) is 19.1 Å². The van der Waals surface area contributed by atoms with Gasteiger partial charge in [0, 0.05) is 17.5 Å². The molecule has 0 saturated heterocycles. The Hall–Kier alpha value is -0.130. The average molecular weight is 306 g/mol. The summed E-state index contributed by atoms with van der Waals surface area (Å²) in [5.74, 6) is 0.546. The van der Waals surface area contributed by atoms with Crippen molar-refractivity contribution < 1.29 is 9.47 Å². The van der Waals surface area contributed by atoms with Crippen LogP contribution in [0.25, 0.3) is 0 Å². The van der Waals surface area contributed by atoms with Crippen molar-refractivity contribution in [1.82, 2.24) is 0 Å². The highest BCUT2D eigenvalue weighted by molar-refractivity contribution is 7.16. The minimum atomic E-state index is -0.0925. The fourth-order valence-electron chi connectivity index (χ4n) is 1.67.